The fourth-order valence-electron chi connectivity index (χ4n) is 1.84. The van der Waals surface area contributed by atoms with Crippen molar-refractivity contribution in [3.63, 3.8) is 0 Å². The Labute approximate surface area is 106 Å². The Morgan fingerprint density at radius 3 is 2.68 bits per heavy atom. The van der Waals surface area contributed by atoms with Gasteiger partial charge >= 0.3 is 0 Å². The molecule has 2 aromatic heterocycles. The van der Waals surface area contributed by atoms with Crippen LogP contribution < -0.4 is 5.56 Å². The molecule has 2 heterocycles. The van der Waals surface area contributed by atoms with Crippen LogP contribution in [-0.4, -0.2) is 14.5 Å². The summed E-state index contributed by atoms with van der Waals surface area (Å²) in [6, 6.07) is 5.17. The highest BCUT2D eigenvalue weighted by molar-refractivity contribution is 5.79. The highest BCUT2D eigenvalue weighted by Gasteiger charge is 2.10. The van der Waals surface area contributed by atoms with Gasteiger partial charge in [-0.1, -0.05) is 0 Å². The summed E-state index contributed by atoms with van der Waals surface area (Å²) in [5.74, 6) is -1.49. The van der Waals surface area contributed by atoms with Crippen molar-refractivity contribution in [2.45, 2.75) is 0 Å². The van der Waals surface area contributed by atoms with Crippen molar-refractivity contribution in [1.82, 2.24) is 14.5 Å². The normalized spacial score (nSPS) is 11.1. The number of fused-ring (bicyclic) bond motifs is 1. The Balaban J connectivity index is 2.20. The zero-order valence-corrected chi connectivity index (χ0v) is 9.95. The smallest absolute Gasteiger partial charge is 0.250 e. The third kappa shape index (κ3) is 1.91. The second-order valence-corrected chi connectivity index (χ2v) is 4.23. The molecule has 0 aliphatic heterocycles. The molecule has 0 saturated carbocycles. The maximum atomic E-state index is 13.1. The number of hydrogen-bond acceptors (Lipinski definition) is 2. The van der Waals surface area contributed by atoms with Gasteiger partial charge in [0.2, 0.25) is 0 Å². The number of halogens is 2. The molecule has 0 unspecified atom stereocenters. The van der Waals surface area contributed by atoms with E-state index in [0.717, 1.165) is 12.1 Å². The Morgan fingerprint density at radius 2 is 1.95 bits per heavy atom. The van der Waals surface area contributed by atoms with Crippen molar-refractivity contribution >= 4 is 11.0 Å². The predicted octanol–water partition coefficient (Wildman–Crippen LogP) is 2.21. The average Bonchev–Trinajstić information content (AvgIpc) is 2.76. The van der Waals surface area contributed by atoms with Gasteiger partial charge in [0.25, 0.3) is 5.56 Å². The largest absolute Gasteiger partial charge is 0.338 e. The van der Waals surface area contributed by atoms with Gasteiger partial charge in [0.05, 0.1) is 11.0 Å². The van der Waals surface area contributed by atoms with Gasteiger partial charge < -0.3 is 9.55 Å². The van der Waals surface area contributed by atoms with Crippen LogP contribution in [0.3, 0.4) is 0 Å². The molecule has 0 spiro atoms. The van der Waals surface area contributed by atoms with E-state index in [2.05, 4.69) is 9.97 Å². The molecule has 1 N–H and O–H groups in total. The van der Waals surface area contributed by atoms with Crippen molar-refractivity contribution in [2.24, 2.45) is 7.05 Å². The maximum absolute atomic E-state index is 13.1. The third-order valence-corrected chi connectivity index (χ3v) is 2.90. The van der Waals surface area contributed by atoms with Crippen molar-refractivity contribution in [2.75, 3.05) is 0 Å². The summed E-state index contributed by atoms with van der Waals surface area (Å²) in [5, 5.41) is 0. The molecule has 4 nitrogen and oxygen atoms in total. The van der Waals surface area contributed by atoms with Gasteiger partial charge in [-0.3, -0.25) is 4.79 Å². The minimum atomic E-state index is -0.950. The third-order valence-electron chi connectivity index (χ3n) is 2.90. The lowest BCUT2D eigenvalue weighted by atomic mass is 10.2. The first-order valence-electron chi connectivity index (χ1n) is 5.56. The van der Waals surface area contributed by atoms with E-state index in [1.54, 1.807) is 19.3 Å². The summed E-state index contributed by atoms with van der Waals surface area (Å²) in [7, 11) is 1.63. The molecule has 96 valence electrons. The number of imidazole rings is 1. The fraction of sp³-hybridized carbons (Fsp3) is 0.0769. The summed E-state index contributed by atoms with van der Waals surface area (Å²) in [5.41, 5.74) is 1.08. The minimum Gasteiger partial charge on any atom is -0.338 e. The van der Waals surface area contributed by atoms with Gasteiger partial charge in [0.1, 0.15) is 5.82 Å². The fourth-order valence-corrected chi connectivity index (χ4v) is 1.84. The van der Waals surface area contributed by atoms with Gasteiger partial charge in [-0.15, -0.1) is 0 Å². The molecule has 0 aliphatic carbocycles. The zero-order valence-electron chi connectivity index (χ0n) is 9.95. The Kier molecular flexibility index (Phi) is 2.45. The van der Waals surface area contributed by atoms with E-state index in [1.807, 2.05) is 0 Å². The minimum absolute atomic E-state index is 0.185. The lowest BCUT2D eigenvalue weighted by molar-refractivity contribution is 0.510. The first-order chi connectivity index (χ1) is 9.04. The molecular formula is C13H9F2N3O. The van der Waals surface area contributed by atoms with E-state index < -0.39 is 11.6 Å². The molecule has 0 amide bonds. The molecule has 1 aromatic carbocycles. The van der Waals surface area contributed by atoms with Crippen molar-refractivity contribution in [1.29, 1.82) is 0 Å². The van der Waals surface area contributed by atoms with Crippen LogP contribution in [0.1, 0.15) is 0 Å². The molecule has 0 bridgehead atoms. The molecule has 0 radical (unpaired) electrons. The maximum Gasteiger partial charge on any atom is 0.250 e. The van der Waals surface area contributed by atoms with Crippen LogP contribution in [0, 0.1) is 11.6 Å². The second kappa shape index (κ2) is 4.01. The molecule has 0 saturated heterocycles. The van der Waals surface area contributed by atoms with Crippen molar-refractivity contribution < 1.29 is 8.78 Å². The van der Waals surface area contributed by atoms with Gasteiger partial charge in [-0.2, -0.15) is 0 Å². The number of hydrogen-bond donors (Lipinski definition) is 1. The second-order valence-electron chi connectivity index (χ2n) is 4.23. The van der Waals surface area contributed by atoms with E-state index in [4.69, 9.17) is 0 Å². The number of H-pyrrole nitrogens is 1. The van der Waals surface area contributed by atoms with Gasteiger partial charge in [0.15, 0.2) is 11.6 Å². The number of aromatic amines is 1. The van der Waals surface area contributed by atoms with Crippen LogP contribution in [0.4, 0.5) is 8.78 Å². The highest BCUT2D eigenvalue weighted by atomic mass is 19.2. The molecule has 0 atom stereocenters. The standard InChI is InChI=1S/C13H9F2N3O/c1-18-3-2-7(4-12(18)19)13-16-10-5-8(14)9(15)6-11(10)17-13/h2-6H,1H3,(H,16,17). The number of benzene rings is 1. The summed E-state index contributed by atoms with van der Waals surface area (Å²) >= 11 is 0. The molecule has 6 heteroatoms. The van der Waals surface area contributed by atoms with Crippen LogP contribution in [0.15, 0.2) is 35.3 Å². The molecule has 3 rings (SSSR count). The number of nitrogens with zero attached hydrogens (tertiary/aromatic N) is 2. The number of rotatable bonds is 1. The first kappa shape index (κ1) is 11.6. The van der Waals surface area contributed by atoms with Crippen LogP contribution in [0.25, 0.3) is 22.4 Å². The van der Waals surface area contributed by atoms with Gasteiger partial charge in [-0.25, -0.2) is 13.8 Å². The lowest BCUT2D eigenvalue weighted by Crippen LogP contribution is -2.14. The lowest BCUT2D eigenvalue weighted by Gasteiger charge is -1.98. The van der Waals surface area contributed by atoms with E-state index >= 15 is 0 Å². The quantitative estimate of drug-likeness (QED) is 0.730. The Morgan fingerprint density at radius 1 is 1.21 bits per heavy atom. The predicted molar refractivity (Wildman–Crippen MR) is 66.7 cm³/mol. The highest BCUT2D eigenvalue weighted by Crippen LogP contribution is 2.21. The first-order valence-corrected chi connectivity index (χ1v) is 5.56. The number of pyridine rings is 1. The van der Waals surface area contributed by atoms with Gasteiger partial charge in [-0.05, 0) is 6.07 Å². The number of aryl methyl sites for hydroxylation is 1. The van der Waals surface area contributed by atoms with Crippen molar-refractivity contribution in [3.05, 3.63) is 52.5 Å². The van der Waals surface area contributed by atoms with E-state index in [-0.39, 0.29) is 5.56 Å². The monoisotopic (exact) mass is 261 g/mol. The van der Waals surface area contributed by atoms with E-state index in [0.29, 0.717) is 22.4 Å². The number of nitrogens with one attached hydrogen (secondary N) is 1. The Hall–Kier alpha value is -2.50. The summed E-state index contributed by atoms with van der Waals surface area (Å²) in [4.78, 5) is 18.5. The Bertz CT molecular complexity index is 797. The molecule has 19 heavy (non-hydrogen) atoms. The molecule has 0 fully saturated rings. The zero-order chi connectivity index (χ0) is 13.6. The number of aromatic nitrogens is 3. The van der Waals surface area contributed by atoms with E-state index in [1.165, 1.54) is 10.6 Å². The molecule has 0 aliphatic rings. The summed E-state index contributed by atoms with van der Waals surface area (Å²) in [6.45, 7) is 0. The molecule has 3 aromatic rings. The van der Waals surface area contributed by atoms with Crippen molar-refractivity contribution in [3.8, 4) is 11.4 Å². The average molecular weight is 261 g/mol. The van der Waals surface area contributed by atoms with E-state index in [9.17, 15) is 13.6 Å². The van der Waals surface area contributed by atoms with Crippen LogP contribution in [0.5, 0.6) is 0 Å². The summed E-state index contributed by atoms with van der Waals surface area (Å²) in [6.07, 6.45) is 1.60. The summed E-state index contributed by atoms with van der Waals surface area (Å²) < 4.78 is 27.6. The van der Waals surface area contributed by atoms with Crippen LogP contribution in [-0.2, 0) is 7.05 Å². The van der Waals surface area contributed by atoms with Gasteiger partial charge in [0, 0.05) is 37.0 Å². The molecular weight excluding hydrogens is 252 g/mol. The topological polar surface area (TPSA) is 50.7 Å². The van der Waals surface area contributed by atoms with Crippen LogP contribution in [0.2, 0.25) is 0 Å². The SMILES string of the molecule is Cn1ccc(-c2nc3cc(F)c(F)cc3[nH]2)cc1=O. The van der Waals surface area contributed by atoms with Crippen LogP contribution >= 0.6 is 0 Å².